The van der Waals surface area contributed by atoms with Crippen LogP contribution in [0, 0.1) is 17.6 Å². The van der Waals surface area contributed by atoms with Crippen LogP contribution < -0.4 is 4.72 Å². The van der Waals surface area contributed by atoms with Crippen LogP contribution in [0.2, 0.25) is 5.02 Å². The normalized spacial score (nSPS) is 12.5. The number of aromatic amines is 1. The van der Waals surface area contributed by atoms with Gasteiger partial charge < -0.3 is 4.98 Å². The van der Waals surface area contributed by atoms with Gasteiger partial charge in [-0.3, -0.25) is 9.52 Å². The number of rotatable bonds is 12. The summed E-state index contributed by atoms with van der Waals surface area (Å²) in [5.74, 6) is -3.06. The minimum Gasteiger partial charge on any atom is -0.345 e. The minimum atomic E-state index is -3.91. The van der Waals surface area contributed by atoms with E-state index >= 15 is 4.39 Å². The molecule has 0 amide bonds. The van der Waals surface area contributed by atoms with Crippen LogP contribution in [-0.2, 0) is 10.0 Å². The SMILES string of the molecule is CCCC(CC)CCCS(=O)(=O)Nc1ccc(F)c(C(=O)c2c[nH]c3ncc(-c4ccc(Cl)cc4)cc23)c1F. The molecule has 2 aromatic carbocycles. The van der Waals surface area contributed by atoms with E-state index in [9.17, 15) is 17.6 Å². The summed E-state index contributed by atoms with van der Waals surface area (Å²) in [5.41, 5.74) is 0.527. The van der Waals surface area contributed by atoms with E-state index in [-0.39, 0.29) is 11.3 Å². The zero-order valence-electron chi connectivity index (χ0n) is 21.7. The van der Waals surface area contributed by atoms with Gasteiger partial charge in [0.25, 0.3) is 0 Å². The smallest absolute Gasteiger partial charge is 0.232 e. The van der Waals surface area contributed by atoms with Gasteiger partial charge in [-0.1, -0.05) is 56.8 Å². The largest absolute Gasteiger partial charge is 0.345 e. The number of carbonyl (C=O) groups is 1. The number of hydrogen-bond acceptors (Lipinski definition) is 4. The third-order valence-electron chi connectivity index (χ3n) is 6.84. The van der Waals surface area contributed by atoms with Crippen LogP contribution in [0.1, 0.15) is 61.9 Å². The lowest BCUT2D eigenvalue weighted by Crippen LogP contribution is -2.19. The van der Waals surface area contributed by atoms with Gasteiger partial charge in [0.15, 0.2) is 5.82 Å². The molecule has 6 nitrogen and oxygen atoms in total. The Labute approximate surface area is 231 Å². The van der Waals surface area contributed by atoms with E-state index in [0.717, 1.165) is 43.4 Å². The fourth-order valence-electron chi connectivity index (χ4n) is 4.71. The first kappa shape index (κ1) is 28.7. The Bertz CT molecular complexity index is 1590. The monoisotopic (exact) mass is 573 g/mol. The molecule has 10 heteroatoms. The fourth-order valence-corrected chi connectivity index (χ4v) is 5.97. The molecule has 0 saturated heterocycles. The zero-order chi connectivity index (χ0) is 28.2. The summed E-state index contributed by atoms with van der Waals surface area (Å²) in [5, 5.41) is 0.934. The lowest BCUT2D eigenvalue weighted by Gasteiger charge is -2.15. The third kappa shape index (κ3) is 6.65. The molecule has 0 saturated carbocycles. The van der Waals surface area contributed by atoms with Gasteiger partial charge >= 0.3 is 0 Å². The Hall–Kier alpha value is -3.30. The van der Waals surface area contributed by atoms with Crippen molar-refractivity contribution in [1.82, 2.24) is 9.97 Å². The molecule has 4 aromatic rings. The van der Waals surface area contributed by atoms with Gasteiger partial charge in [-0.25, -0.2) is 22.2 Å². The topological polar surface area (TPSA) is 91.9 Å². The number of carbonyl (C=O) groups excluding carboxylic acids is 1. The lowest BCUT2D eigenvalue weighted by atomic mass is 9.96. The van der Waals surface area contributed by atoms with E-state index in [1.807, 2.05) is 0 Å². The number of H-pyrrole nitrogens is 1. The number of pyridine rings is 1. The highest BCUT2D eigenvalue weighted by Gasteiger charge is 2.26. The molecular weight excluding hydrogens is 544 g/mol. The van der Waals surface area contributed by atoms with Gasteiger partial charge in [0.05, 0.1) is 17.0 Å². The highest BCUT2D eigenvalue weighted by Crippen LogP contribution is 2.30. The second-order valence-corrected chi connectivity index (χ2v) is 11.8. The molecule has 2 aromatic heterocycles. The maximum absolute atomic E-state index is 15.5. The number of hydrogen-bond donors (Lipinski definition) is 2. The molecule has 0 aliphatic rings. The first-order valence-corrected chi connectivity index (χ1v) is 14.9. The van der Waals surface area contributed by atoms with Crippen LogP contribution in [0.3, 0.4) is 0 Å². The first-order chi connectivity index (χ1) is 18.6. The van der Waals surface area contributed by atoms with Crippen LogP contribution in [0.15, 0.2) is 54.9 Å². The first-order valence-electron chi connectivity index (χ1n) is 12.9. The fraction of sp³-hybridized carbons (Fsp3) is 0.310. The number of anilines is 1. The Morgan fingerprint density at radius 1 is 1.08 bits per heavy atom. The molecule has 2 N–H and O–H groups in total. The molecule has 2 heterocycles. The van der Waals surface area contributed by atoms with E-state index in [0.29, 0.717) is 34.0 Å². The summed E-state index contributed by atoms with van der Waals surface area (Å²) in [4.78, 5) is 20.6. The van der Waals surface area contributed by atoms with Crippen LogP contribution in [0.5, 0.6) is 0 Å². The van der Waals surface area contributed by atoms with Crippen molar-refractivity contribution in [3.63, 3.8) is 0 Å². The number of nitrogens with zero attached hydrogens (tertiary/aromatic N) is 1. The molecule has 0 radical (unpaired) electrons. The van der Waals surface area contributed by atoms with E-state index in [1.165, 1.54) is 6.20 Å². The maximum Gasteiger partial charge on any atom is 0.232 e. The number of nitrogens with one attached hydrogen (secondary N) is 2. The summed E-state index contributed by atoms with van der Waals surface area (Å²) in [6, 6.07) is 10.6. The third-order valence-corrected chi connectivity index (χ3v) is 8.45. The van der Waals surface area contributed by atoms with Crippen molar-refractivity contribution in [3.05, 3.63) is 82.6 Å². The lowest BCUT2D eigenvalue weighted by molar-refractivity contribution is 0.103. The zero-order valence-corrected chi connectivity index (χ0v) is 23.3. The second kappa shape index (κ2) is 12.3. The number of aromatic nitrogens is 2. The molecule has 39 heavy (non-hydrogen) atoms. The van der Waals surface area contributed by atoms with E-state index in [4.69, 9.17) is 11.6 Å². The summed E-state index contributed by atoms with van der Waals surface area (Å²) in [6.45, 7) is 4.16. The van der Waals surface area contributed by atoms with E-state index in [1.54, 1.807) is 36.5 Å². The Morgan fingerprint density at radius 3 is 2.51 bits per heavy atom. The molecule has 0 aliphatic carbocycles. The molecule has 1 unspecified atom stereocenters. The average Bonchev–Trinajstić information content (AvgIpc) is 3.33. The van der Waals surface area contributed by atoms with Crippen molar-refractivity contribution < 1.29 is 22.0 Å². The van der Waals surface area contributed by atoms with Crippen LogP contribution in [0.4, 0.5) is 14.5 Å². The molecule has 0 spiro atoms. The summed E-state index contributed by atoms with van der Waals surface area (Å²) >= 11 is 5.97. The minimum absolute atomic E-state index is 0.00709. The van der Waals surface area contributed by atoms with Crippen molar-refractivity contribution in [2.75, 3.05) is 10.5 Å². The van der Waals surface area contributed by atoms with Gasteiger partial charge in [0.2, 0.25) is 15.8 Å². The summed E-state index contributed by atoms with van der Waals surface area (Å²) < 4.78 is 57.8. The summed E-state index contributed by atoms with van der Waals surface area (Å²) in [7, 11) is -3.91. The van der Waals surface area contributed by atoms with Gasteiger partial charge in [0.1, 0.15) is 11.5 Å². The second-order valence-electron chi connectivity index (χ2n) is 9.57. The number of sulfonamides is 1. The van der Waals surface area contributed by atoms with Crippen LogP contribution >= 0.6 is 11.6 Å². The van der Waals surface area contributed by atoms with E-state index < -0.39 is 38.7 Å². The van der Waals surface area contributed by atoms with Crippen molar-refractivity contribution in [2.45, 2.75) is 46.0 Å². The summed E-state index contributed by atoms with van der Waals surface area (Å²) in [6.07, 6.45) is 7.11. The molecule has 0 fully saturated rings. The van der Waals surface area contributed by atoms with Gasteiger partial charge in [-0.05, 0) is 54.7 Å². The molecule has 0 aliphatic heterocycles. The van der Waals surface area contributed by atoms with Gasteiger partial charge in [-0.15, -0.1) is 0 Å². The highest BCUT2D eigenvalue weighted by atomic mass is 35.5. The average molecular weight is 574 g/mol. The van der Waals surface area contributed by atoms with Crippen LogP contribution in [0.25, 0.3) is 22.2 Å². The standard InChI is InChI=1S/C29H30ClF2N3O3S/c1-3-6-18(4-2)7-5-14-39(37,38)35-25-13-12-24(31)26(27(25)32)28(36)23-17-34-29-22(23)15-20(16-33-29)19-8-10-21(30)11-9-19/h8-13,15-18,35H,3-7,14H2,1-2H3,(H,33,34). The number of fused-ring (bicyclic) bond motifs is 1. The molecule has 1 atom stereocenters. The van der Waals surface area contributed by atoms with Gasteiger partial charge in [-0.2, -0.15) is 0 Å². The van der Waals surface area contributed by atoms with Crippen molar-refractivity contribution in [1.29, 1.82) is 0 Å². The quantitative estimate of drug-likeness (QED) is 0.170. The van der Waals surface area contributed by atoms with Crippen molar-refractivity contribution in [2.24, 2.45) is 5.92 Å². The van der Waals surface area contributed by atoms with Gasteiger partial charge in [0, 0.05) is 33.9 Å². The Balaban J connectivity index is 1.60. The highest BCUT2D eigenvalue weighted by molar-refractivity contribution is 7.92. The number of ketones is 1. The Morgan fingerprint density at radius 2 is 1.82 bits per heavy atom. The number of halogens is 3. The molecular formula is C29H30ClF2N3O3S. The maximum atomic E-state index is 15.5. The van der Waals surface area contributed by atoms with E-state index in [2.05, 4.69) is 28.5 Å². The predicted molar refractivity (Wildman–Crippen MR) is 152 cm³/mol. The molecule has 0 bridgehead atoms. The molecule has 206 valence electrons. The predicted octanol–water partition coefficient (Wildman–Crippen LogP) is 7.74. The Kier molecular flexibility index (Phi) is 9.02. The number of benzene rings is 2. The van der Waals surface area contributed by atoms with Crippen molar-refractivity contribution in [3.8, 4) is 11.1 Å². The van der Waals surface area contributed by atoms with Crippen LogP contribution in [-0.4, -0.2) is 29.9 Å². The molecule has 4 rings (SSSR count). The van der Waals surface area contributed by atoms with Crippen molar-refractivity contribution >= 4 is 44.1 Å².